The van der Waals surface area contributed by atoms with E-state index in [1.165, 1.54) is 11.5 Å². The maximum atomic E-state index is 9.83. The molecule has 0 unspecified atom stereocenters. The predicted octanol–water partition coefficient (Wildman–Crippen LogP) is 1.82. The van der Waals surface area contributed by atoms with Gasteiger partial charge in [0.15, 0.2) is 0 Å². The first kappa shape index (κ1) is 9.48. The van der Waals surface area contributed by atoms with Crippen LogP contribution in [0.15, 0.2) is 0 Å². The number of hydrogen-bond acceptors (Lipinski definition) is 4. The van der Waals surface area contributed by atoms with E-state index in [1.54, 1.807) is 0 Å². The van der Waals surface area contributed by atoms with Crippen LogP contribution < -0.4 is 0 Å². The number of rotatable bonds is 4. The Bertz CT molecular complexity index is 255. The summed E-state index contributed by atoms with van der Waals surface area (Å²) in [5.41, 5.74) is 1.89. The molecule has 0 bridgehead atoms. The lowest BCUT2D eigenvalue weighted by Crippen LogP contribution is -1.97. The maximum Gasteiger partial charge on any atom is 0.293 e. The molecule has 1 aromatic rings. The summed E-state index contributed by atoms with van der Waals surface area (Å²) in [6.45, 7) is 2.68. The lowest BCUT2D eigenvalue weighted by atomic mass is 10.2. The first-order chi connectivity index (χ1) is 5.75. The van der Waals surface area contributed by atoms with E-state index >= 15 is 0 Å². The highest BCUT2D eigenvalue weighted by Gasteiger charge is 2.07. The molecule has 0 aliphatic heterocycles. The number of carbonyl (C=O) groups excluding carboxylic acids is 1. The SMILES string of the molecule is Cc1nsc(Cl)c1CCOC=O. The van der Waals surface area contributed by atoms with Crippen molar-refractivity contribution >= 4 is 29.6 Å². The van der Waals surface area contributed by atoms with Crippen LogP contribution in [-0.4, -0.2) is 17.5 Å². The lowest BCUT2D eigenvalue weighted by Gasteiger charge is -1.97. The summed E-state index contributed by atoms with van der Waals surface area (Å²) >= 11 is 7.10. The topological polar surface area (TPSA) is 39.2 Å². The molecule has 3 nitrogen and oxygen atoms in total. The van der Waals surface area contributed by atoms with Crippen LogP contribution in [0.3, 0.4) is 0 Å². The molecule has 0 atom stereocenters. The van der Waals surface area contributed by atoms with E-state index in [0.717, 1.165) is 11.3 Å². The van der Waals surface area contributed by atoms with E-state index in [-0.39, 0.29) is 0 Å². The van der Waals surface area contributed by atoms with Gasteiger partial charge in [-0.15, -0.1) is 0 Å². The molecule has 5 heteroatoms. The molecule has 0 N–H and O–H groups in total. The fourth-order valence-electron chi connectivity index (χ4n) is 0.849. The van der Waals surface area contributed by atoms with Crippen molar-refractivity contribution in [3.8, 4) is 0 Å². The van der Waals surface area contributed by atoms with E-state index in [1.807, 2.05) is 6.92 Å². The zero-order valence-electron chi connectivity index (χ0n) is 6.54. The average molecular weight is 206 g/mol. The van der Waals surface area contributed by atoms with Gasteiger partial charge in [0.25, 0.3) is 6.47 Å². The van der Waals surface area contributed by atoms with Crippen LogP contribution in [0.2, 0.25) is 4.34 Å². The highest BCUT2D eigenvalue weighted by Crippen LogP contribution is 2.24. The third-order valence-electron chi connectivity index (χ3n) is 1.47. The minimum absolute atomic E-state index is 0.364. The van der Waals surface area contributed by atoms with Gasteiger partial charge in [-0.25, -0.2) is 0 Å². The molecular weight excluding hydrogens is 198 g/mol. The van der Waals surface area contributed by atoms with Crippen molar-refractivity contribution < 1.29 is 9.53 Å². The molecule has 0 saturated heterocycles. The molecule has 0 aliphatic rings. The van der Waals surface area contributed by atoms with Gasteiger partial charge in [0.05, 0.1) is 12.3 Å². The van der Waals surface area contributed by atoms with E-state index in [9.17, 15) is 4.79 Å². The number of hydrogen-bond donors (Lipinski definition) is 0. The molecule has 12 heavy (non-hydrogen) atoms. The van der Waals surface area contributed by atoms with Crippen LogP contribution in [-0.2, 0) is 16.0 Å². The summed E-state index contributed by atoms with van der Waals surface area (Å²) in [4.78, 5) is 9.83. The fraction of sp³-hybridized carbons (Fsp3) is 0.429. The standard InChI is InChI=1S/C7H8ClNO2S/c1-5-6(2-3-11-4-10)7(8)12-9-5/h4H,2-3H2,1H3. The monoisotopic (exact) mass is 205 g/mol. The number of halogens is 1. The number of carbonyl (C=O) groups is 1. The quantitative estimate of drug-likeness (QED) is 0.556. The third kappa shape index (κ3) is 2.19. The van der Waals surface area contributed by atoms with E-state index in [0.29, 0.717) is 23.8 Å². The zero-order valence-corrected chi connectivity index (χ0v) is 8.11. The minimum atomic E-state index is 0.364. The Morgan fingerprint density at radius 2 is 2.50 bits per heavy atom. The number of aromatic nitrogens is 1. The second kappa shape index (κ2) is 4.42. The summed E-state index contributed by atoms with van der Waals surface area (Å²) in [5, 5.41) is 0. The van der Waals surface area contributed by atoms with E-state index < -0.39 is 0 Å². The van der Waals surface area contributed by atoms with E-state index in [4.69, 9.17) is 11.6 Å². The second-order valence-corrected chi connectivity index (χ2v) is 3.61. The van der Waals surface area contributed by atoms with Gasteiger partial charge in [-0.05, 0) is 18.5 Å². The Morgan fingerprint density at radius 3 is 3.00 bits per heavy atom. The molecule has 0 amide bonds. The Balaban J connectivity index is 2.55. The molecule has 0 spiro atoms. The number of aryl methyl sites for hydroxylation is 1. The van der Waals surface area contributed by atoms with Gasteiger partial charge in [-0.2, -0.15) is 4.37 Å². The Labute approximate surface area is 79.5 Å². The number of nitrogens with zero attached hydrogens (tertiary/aromatic N) is 1. The highest BCUT2D eigenvalue weighted by atomic mass is 35.5. The van der Waals surface area contributed by atoms with Crippen LogP contribution in [0.5, 0.6) is 0 Å². The van der Waals surface area contributed by atoms with E-state index in [2.05, 4.69) is 9.11 Å². The van der Waals surface area contributed by atoms with Gasteiger partial charge in [-0.1, -0.05) is 11.6 Å². The summed E-state index contributed by atoms with van der Waals surface area (Å²) in [6, 6.07) is 0. The van der Waals surface area contributed by atoms with Crippen molar-refractivity contribution in [3.63, 3.8) is 0 Å². The molecule has 0 saturated carbocycles. The molecule has 1 heterocycles. The van der Waals surface area contributed by atoms with Gasteiger partial charge in [0, 0.05) is 12.0 Å². The molecule has 0 aromatic carbocycles. The molecule has 0 aliphatic carbocycles. The Hall–Kier alpha value is -0.610. The van der Waals surface area contributed by atoms with Gasteiger partial charge in [0.1, 0.15) is 4.34 Å². The molecular formula is C7H8ClNO2S. The van der Waals surface area contributed by atoms with Gasteiger partial charge in [-0.3, -0.25) is 4.79 Å². The van der Waals surface area contributed by atoms with Crippen molar-refractivity contribution in [2.45, 2.75) is 13.3 Å². The smallest absolute Gasteiger partial charge is 0.293 e. The molecule has 66 valence electrons. The van der Waals surface area contributed by atoms with Crippen molar-refractivity contribution in [1.29, 1.82) is 0 Å². The van der Waals surface area contributed by atoms with Crippen LogP contribution in [0.25, 0.3) is 0 Å². The maximum absolute atomic E-state index is 9.83. The van der Waals surface area contributed by atoms with Crippen LogP contribution in [0, 0.1) is 6.92 Å². The summed E-state index contributed by atoms with van der Waals surface area (Å²) in [5.74, 6) is 0. The molecule has 1 aromatic heterocycles. The Kier molecular flexibility index (Phi) is 3.49. The Morgan fingerprint density at radius 1 is 1.75 bits per heavy atom. The largest absolute Gasteiger partial charge is 0.468 e. The summed E-state index contributed by atoms with van der Waals surface area (Å²) in [6.07, 6.45) is 0.639. The van der Waals surface area contributed by atoms with Crippen LogP contribution in [0.4, 0.5) is 0 Å². The molecule has 1 rings (SSSR count). The van der Waals surface area contributed by atoms with Gasteiger partial charge < -0.3 is 4.74 Å². The lowest BCUT2D eigenvalue weighted by molar-refractivity contribution is -0.128. The first-order valence-corrected chi connectivity index (χ1v) is 4.56. The third-order valence-corrected chi connectivity index (χ3v) is 2.68. The average Bonchev–Trinajstić information content (AvgIpc) is 2.35. The number of ether oxygens (including phenoxy) is 1. The van der Waals surface area contributed by atoms with Crippen molar-refractivity contribution in [3.05, 3.63) is 15.6 Å². The van der Waals surface area contributed by atoms with Gasteiger partial charge in [0.2, 0.25) is 0 Å². The van der Waals surface area contributed by atoms with Crippen LogP contribution >= 0.6 is 23.1 Å². The molecule has 0 radical (unpaired) electrons. The van der Waals surface area contributed by atoms with Crippen molar-refractivity contribution in [1.82, 2.24) is 4.37 Å². The fourth-order valence-corrected chi connectivity index (χ4v) is 1.87. The van der Waals surface area contributed by atoms with Crippen LogP contribution in [0.1, 0.15) is 11.3 Å². The zero-order chi connectivity index (χ0) is 8.97. The van der Waals surface area contributed by atoms with Crippen molar-refractivity contribution in [2.75, 3.05) is 6.61 Å². The summed E-state index contributed by atoms with van der Waals surface area (Å²) in [7, 11) is 0. The summed E-state index contributed by atoms with van der Waals surface area (Å²) < 4.78 is 9.30. The minimum Gasteiger partial charge on any atom is -0.468 e. The first-order valence-electron chi connectivity index (χ1n) is 3.41. The predicted molar refractivity (Wildman–Crippen MR) is 47.6 cm³/mol. The second-order valence-electron chi connectivity index (χ2n) is 2.24. The molecule has 0 fully saturated rings. The van der Waals surface area contributed by atoms with Gasteiger partial charge >= 0.3 is 0 Å². The normalized spacial score (nSPS) is 9.83. The highest BCUT2D eigenvalue weighted by molar-refractivity contribution is 7.10. The van der Waals surface area contributed by atoms with Crippen molar-refractivity contribution in [2.24, 2.45) is 0 Å².